The molecular formula is C23H30O11. The average Bonchev–Trinajstić information content (AvgIpc) is 2.88. The lowest BCUT2D eigenvalue weighted by Gasteiger charge is -2.67. The van der Waals surface area contributed by atoms with E-state index in [0.717, 1.165) is 0 Å². The third-order valence-electron chi connectivity index (χ3n) is 8.43. The lowest BCUT2D eigenvalue weighted by molar-refractivity contribution is -0.397. The summed E-state index contributed by atoms with van der Waals surface area (Å²) in [6, 6.07) is 8.77. The summed E-state index contributed by atoms with van der Waals surface area (Å²) in [4.78, 5) is 18.2. The minimum absolute atomic E-state index is 0.0819. The second-order valence-electron chi connectivity index (χ2n) is 10.0. The van der Waals surface area contributed by atoms with Crippen LogP contribution >= 0.6 is 0 Å². The molecule has 11 heteroatoms. The molecule has 11 nitrogen and oxygen atoms in total. The van der Waals surface area contributed by atoms with E-state index in [-0.39, 0.29) is 19.3 Å². The molecule has 34 heavy (non-hydrogen) atoms. The van der Waals surface area contributed by atoms with Crippen molar-refractivity contribution in [3.05, 3.63) is 35.9 Å². The van der Waals surface area contributed by atoms with E-state index in [2.05, 4.69) is 0 Å². The van der Waals surface area contributed by atoms with Crippen LogP contribution in [-0.2, 0) is 23.9 Å². The Hall–Kier alpha value is -1.67. The summed E-state index contributed by atoms with van der Waals surface area (Å²) >= 11 is 0. The van der Waals surface area contributed by atoms with E-state index in [9.17, 15) is 35.6 Å². The Kier molecular flexibility index (Phi) is 5.79. The van der Waals surface area contributed by atoms with Gasteiger partial charge in [0.15, 0.2) is 6.29 Å². The van der Waals surface area contributed by atoms with Gasteiger partial charge in [0.25, 0.3) is 0 Å². The van der Waals surface area contributed by atoms with E-state index < -0.39 is 78.0 Å². The van der Waals surface area contributed by atoms with Gasteiger partial charge in [-0.1, -0.05) is 30.3 Å². The molecule has 0 radical (unpaired) electrons. The Morgan fingerprint density at radius 3 is 2.44 bits per heavy atom. The van der Waals surface area contributed by atoms with Gasteiger partial charge in [-0.05, 0) is 18.9 Å². The van der Waals surface area contributed by atoms with Gasteiger partial charge in [-0.3, -0.25) is 10.1 Å². The molecular weight excluding hydrogens is 452 g/mol. The summed E-state index contributed by atoms with van der Waals surface area (Å²) in [5, 5.41) is 61.1. The number of aliphatic hydroxyl groups excluding tert-OH is 5. The van der Waals surface area contributed by atoms with Crippen LogP contribution in [0.4, 0.5) is 0 Å². The van der Waals surface area contributed by atoms with Crippen LogP contribution in [0.1, 0.15) is 37.9 Å². The molecule has 188 valence electrons. The van der Waals surface area contributed by atoms with Crippen molar-refractivity contribution in [2.24, 2.45) is 11.3 Å². The zero-order valence-electron chi connectivity index (χ0n) is 18.6. The van der Waals surface area contributed by atoms with E-state index in [1.54, 1.807) is 37.3 Å². The van der Waals surface area contributed by atoms with Crippen molar-refractivity contribution in [1.82, 2.24) is 0 Å². The first-order chi connectivity index (χ1) is 16.1. The summed E-state index contributed by atoms with van der Waals surface area (Å²) < 4.78 is 17.7. The zero-order valence-corrected chi connectivity index (χ0v) is 18.6. The van der Waals surface area contributed by atoms with Crippen LogP contribution in [0, 0.1) is 11.3 Å². The smallest absolute Gasteiger partial charge is 0.316 e. The van der Waals surface area contributed by atoms with E-state index in [4.69, 9.17) is 19.1 Å². The predicted molar refractivity (Wildman–Crippen MR) is 111 cm³/mol. The summed E-state index contributed by atoms with van der Waals surface area (Å²) in [6.07, 6.45) is -9.22. The SMILES string of the molecule is C[C@]12C[C@@H](O)[C@@H]3C[C@@]1(OC1OC(CO)C(O)C(O)C1O)C3(CC(OO)c1ccccc1)C(=O)O2. The summed E-state index contributed by atoms with van der Waals surface area (Å²) in [5.74, 6) is -1.19. The quantitative estimate of drug-likeness (QED) is 0.164. The number of aliphatic hydroxyl groups is 5. The maximum Gasteiger partial charge on any atom is 0.316 e. The second kappa shape index (κ2) is 8.19. The highest BCUT2D eigenvalue weighted by Crippen LogP contribution is 2.75. The topological polar surface area (TPSA) is 175 Å². The van der Waals surface area contributed by atoms with Gasteiger partial charge < -0.3 is 39.7 Å². The first-order valence-electron chi connectivity index (χ1n) is 11.4. The van der Waals surface area contributed by atoms with Crippen molar-refractivity contribution in [2.75, 3.05) is 6.61 Å². The lowest BCUT2D eigenvalue weighted by Crippen LogP contribution is -2.79. The fourth-order valence-electron chi connectivity index (χ4n) is 6.65. The fourth-order valence-corrected chi connectivity index (χ4v) is 6.65. The van der Waals surface area contributed by atoms with Crippen molar-refractivity contribution in [1.29, 1.82) is 0 Å². The molecule has 2 heterocycles. The minimum atomic E-state index is -1.67. The van der Waals surface area contributed by atoms with Crippen LogP contribution in [-0.4, -0.2) is 91.4 Å². The van der Waals surface area contributed by atoms with Crippen LogP contribution in [0.25, 0.3) is 0 Å². The molecule has 0 aromatic heterocycles. The highest BCUT2D eigenvalue weighted by Gasteiger charge is 2.88. The van der Waals surface area contributed by atoms with E-state index in [0.29, 0.717) is 5.56 Å². The monoisotopic (exact) mass is 482 g/mol. The highest BCUT2D eigenvalue weighted by molar-refractivity contribution is 5.86. The Morgan fingerprint density at radius 1 is 1.09 bits per heavy atom. The maximum atomic E-state index is 13.4. The minimum Gasteiger partial charge on any atom is -0.456 e. The molecule has 6 N–H and O–H groups in total. The Labute approximate surface area is 195 Å². The molecule has 1 aromatic rings. The molecule has 3 saturated carbocycles. The van der Waals surface area contributed by atoms with Crippen LogP contribution in [0.2, 0.25) is 0 Å². The highest BCUT2D eigenvalue weighted by atomic mass is 17.1. The predicted octanol–water partition coefficient (Wildman–Crippen LogP) is -0.751. The van der Waals surface area contributed by atoms with Gasteiger partial charge in [0.1, 0.15) is 47.1 Å². The number of carbonyl (C=O) groups is 1. The normalized spacial score (nSPS) is 48.2. The lowest BCUT2D eigenvalue weighted by atomic mass is 9.39. The number of hydrogen-bond donors (Lipinski definition) is 6. The van der Waals surface area contributed by atoms with E-state index in [1.165, 1.54) is 0 Å². The van der Waals surface area contributed by atoms with Crippen LogP contribution < -0.4 is 0 Å². The van der Waals surface area contributed by atoms with Crippen molar-refractivity contribution in [3.8, 4) is 0 Å². The standard InChI is InChI=1S/C23H30O11/c1-21-8-13(25)12-7-23(21,32-19-18(28)17(27)16(26)15(10-24)31-19)22(12,20(29)33-21)9-14(34-30)11-5-3-2-4-6-11/h2-6,12-19,24-28,30H,7-10H2,1H3/t12-,13+,14?,15?,16?,17?,18?,19?,21-,22?,23-/m0/s1. The van der Waals surface area contributed by atoms with E-state index in [1.807, 2.05) is 0 Å². The third kappa shape index (κ3) is 3.00. The molecule has 3 aliphatic carbocycles. The first-order valence-corrected chi connectivity index (χ1v) is 11.4. The van der Waals surface area contributed by atoms with Crippen molar-refractivity contribution < 1.29 is 54.7 Å². The molecule has 4 bridgehead atoms. The number of rotatable bonds is 7. The summed E-state index contributed by atoms with van der Waals surface area (Å²) in [5.41, 5.74) is -3.53. The van der Waals surface area contributed by atoms with Gasteiger partial charge in [-0.25, -0.2) is 4.89 Å². The van der Waals surface area contributed by atoms with Crippen molar-refractivity contribution >= 4 is 5.97 Å². The molecule has 0 amide bonds. The van der Waals surface area contributed by atoms with Gasteiger partial charge in [0.2, 0.25) is 0 Å². The molecule has 6 rings (SSSR count). The van der Waals surface area contributed by atoms with Crippen molar-refractivity contribution in [3.63, 3.8) is 0 Å². The largest absolute Gasteiger partial charge is 0.456 e. The first kappa shape index (κ1) is 24.0. The van der Waals surface area contributed by atoms with Crippen LogP contribution in [0.5, 0.6) is 0 Å². The van der Waals surface area contributed by atoms with E-state index >= 15 is 0 Å². The molecule has 2 aliphatic heterocycles. The molecule has 11 atom stereocenters. The Morgan fingerprint density at radius 2 is 1.79 bits per heavy atom. The van der Waals surface area contributed by atoms with Crippen LogP contribution in [0.15, 0.2) is 30.3 Å². The summed E-state index contributed by atoms with van der Waals surface area (Å²) in [6.45, 7) is 0.998. The van der Waals surface area contributed by atoms with Gasteiger partial charge in [0, 0.05) is 18.8 Å². The molecule has 7 unspecified atom stereocenters. The number of esters is 1. The van der Waals surface area contributed by atoms with Crippen LogP contribution in [0.3, 0.4) is 0 Å². The maximum absolute atomic E-state index is 13.4. The van der Waals surface area contributed by atoms with Gasteiger partial charge in [0.05, 0.1) is 12.7 Å². The fraction of sp³-hybridized carbons (Fsp3) is 0.696. The van der Waals surface area contributed by atoms with Gasteiger partial charge in [-0.15, -0.1) is 0 Å². The number of fused-ring (bicyclic) bond motifs is 1. The second-order valence-corrected chi connectivity index (χ2v) is 10.0. The molecule has 5 aliphatic rings. The number of benzene rings is 1. The Bertz CT molecular complexity index is 927. The van der Waals surface area contributed by atoms with Gasteiger partial charge >= 0.3 is 5.97 Å². The molecule has 5 fully saturated rings. The Balaban J connectivity index is 1.53. The number of ether oxygens (including phenoxy) is 3. The third-order valence-corrected chi connectivity index (χ3v) is 8.43. The zero-order chi connectivity index (χ0) is 24.5. The number of hydrogen-bond acceptors (Lipinski definition) is 11. The number of carbonyl (C=O) groups excluding carboxylic acids is 1. The average molecular weight is 482 g/mol. The van der Waals surface area contributed by atoms with Crippen molar-refractivity contribution in [2.45, 2.75) is 80.3 Å². The molecule has 1 aromatic carbocycles. The molecule has 0 spiro atoms. The summed E-state index contributed by atoms with van der Waals surface area (Å²) in [7, 11) is 0. The van der Waals surface area contributed by atoms with Gasteiger partial charge in [-0.2, -0.15) is 0 Å². The molecule has 2 saturated heterocycles.